The van der Waals surface area contributed by atoms with Crippen LogP contribution in [0.1, 0.15) is 23.3 Å². The highest BCUT2D eigenvalue weighted by molar-refractivity contribution is 6.33. The molecule has 20 heavy (non-hydrogen) atoms. The molecule has 1 amide bonds. The summed E-state index contributed by atoms with van der Waals surface area (Å²) < 4.78 is 0. The van der Waals surface area contributed by atoms with Crippen LogP contribution in [0.25, 0.3) is 0 Å². The van der Waals surface area contributed by atoms with Crippen LogP contribution in [0.5, 0.6) is 0 Å². The molecule has 0 radical (unpaired) electrons. The molecule has 108 valence electrons. The van der Waals surface area contributed by atoms with Gasteiger partial charge in [-0.15, -0.1) is 0 Å². The van der Waals surface area contributed by atoms with Crippen molar-refractivity contribution < 1.29 is 4.79 Å². The fraction of sp³-hybridized carbons (Fsp3) is 0.571. The van der Waals surface area contributed by atoms with Crippen molar-refractivity contribution in [2.45, 2.75) is 18.9 Å². The molecule has 4 rings (SSSR count). The molecule has 5 nitrogen and oxygen atoms in total. The van der Waals surface area contributed by atoms with E-state index >= 15 is 0 Å². The smallest absolute Gasteiger partial charge is 0.271 e. The van der Waals surface area contributed by atoms with Crippen molar-refractivity contribution in [2.75, 3.05) is 32.0 Å². The molecule has 0 saturated carbocycles. The van der Waals surface area contributed by atoms with Gasteiger partial charge in [0.05, 0.1) is 5.02 Å². The van der Waals surface area contributed by atoms with Crippen molar-refractivity contribution in [3.63, 3.8) is 0 Å². The first-order valence-electron chi connectivity index (χ1n) is 7.05. The van der Waals surface area contributed by atoms with Crippen LogP contribution in [0.4, 0.5) is 5.82 Å². The molecule has 1 unspecified atom stereocenters. The van der Waals surface area contributed by atoms with Crippen molar-refractivity contribution in [3.05, 3.63) is 22.8 Å². The van der Waals surface area contributed by atoms with Crippen LogP contribution in [0.15, 0.2) is 12.1 Å². The van der Waals surface area contributed by atoms with Gasteiger partial charge in [0.2, 0.25) is 0 Å². The maximum absolute atomic E-state index is 12.4. The van der Waals surface area contributed by atoms with E-state index in [0.717, 1.165) is 19.6 Å². The maximum atomic E-state index is 12.4. The van der Waals surface area contributed by atoms with Gasteiger partial charge < -0.3 is 15.5 Å². The predicted octanol–water partition coefficient (Wildman–Crippen LogP) is 1.60. The molecule has 6 heteroatoms. The SMILES string of the molecule is CNc1ccc(Cl)c(C(=O)NC2CN3CCC2CC3)n1. The Balaban J connectivity index is 1.73. The highest BCUT2D eigenvalue weighted by atomic mass is 35.5. The van der Waals surface area contributed by atoms with Gasteiger partial charge in [-0.05, 0) is 44.0 Å². The van der Waals surface area contributed by atoms with Gasteiger partial charge in [-0.25, -0.2) is 4.98 Å². The molecule has 3 aliphatic rings. The topological polar surface area (TPSA) is 57.3 Å². The van der Waals surface area contributed by atoms with E-state index in [1.54, 1.807) is 19.2 Å². The Hall–Kier alpha value is -1.33. The number of carbonyl (C=O) groups excluding carboxylic acids is 1. The van der Waals surface area contributed by atoms with Crippen LogP contribution >= 0.6 is 11.6 Å². The van der Waals surface area contributed by atoms with E-state index in [0.29, 0.717) is 22.5 Å². The van der Waals surface area contributed by atoms with Crippen LogP contribution in [-0.4, -0.2) is 48.5 Å². The number of piperidine rings is 3. The number of hydrogen-bond acceptors (Lipinski definition) is 4. The zero-order chi connectivity index (χ0) is 14.1. The Morgan fingerprint density at radius 1 is 1.40 bits per heavy atom. The average Bonchev–Trinajstić information content (AvgIpc) is 2.49. The molecule has 2 bridgehead atoms. The maximum Gasteiger partial charge on any atom is 0.271 e. The quantitative estimate of drug-likeness (QED) is 0.889. The lowest BCUT2D eigenvalue weighted by atomic mass is 9.84. The van der Waals surface area contributed by atoms with Gasteiger partial charge >= 0.3 is 0 Å². The average molecular weight is 295 g/mol. The third-order valence-corrected chi connectivity index (χ3v) is 4.59. The molecule has 1 aromatic heterocycles. The third-order valence-electron chi connectivity index (χ3n) is 4.29. The Morgan fingerprint density at radius 3 is 2.75 bits per heavy atom. The van der Waals surface area contributed by atoms with Crippen LogP contribution in [0.3, 0.4) is 0 Å². The van der Waals surface area contributed by atoms with E-state index in [1.807, 2.05) is 0 Å². The second kappa shape index (κ2) is 5.58. The second-order valence-electron chi connectivity index (χ2n) is 5.49. The van der Waals surface area contributed by atoms with E-state index in [9.17, 15) is 4.79 Å². The van der Waals surface area contributed by atoms with Crippen molar-refractivity contribution >= 4 is 23.3 Å². The molecule has 4 heterocycles. The van der Waals surface area contributed by atoms with E-state index in [-0.39, 0.29) is 11.9 Å². The number of carbonyl (C=O) groups is 1. The van der Waals surface area contributed by atoms with Gasteiger partial charge in [0.1, 0.15) is 11.5 Å². The van der Waals surface area contributed by atoms with Crippen molar-refractivity contribution in [2.24, 2.45) is 5.92 Å². The van der Waals surface area contributed by atoms with E-state index in [4.69, 9.17) is 11.6 Å². The number of anilines is 1. The molecule has 0 spiro atoms. The Kier molecular flexibility index (Phi) is 3.81. The van der Waals surface area contributed by atoms with Gasteiger partial charge in [-0.1, -0.05) is 11.6 Å². The Bertz CT molecular complexity index is 514. The first-order valence-corrected chi connectivity index (χ1v) is 7.42. The fourth-order valence-electron chi connectivity index (χ4n) is 3.11. The third kappa shape index (κ3) is 2.60. The van der Waals surface area contributed by atoms with Gasteiger partial charge in [0.15, 0.2) is 0 Å². The summed E-state index contributed by atoms with van der Waals surface area (Å²) in [6.07, 6.45) is 2.34. The predicted molar refractivity (Wildman–Crippen MR) is 79.2 cm³/mol. The molecule has 0 aliphatic carbocycles. The molecule has 3 aliphatic heterocycles. The highest BCUT2D eigenvalue weighted by Crippen LogP contribution is 2.28. The number of rotatable bonds is 3. The van der Waals surface area contributed by atoms with Crippen molar-refractivity contribution in [1.29, 1.82) is 0 Å². The Morgan fingerprint density at radius 2 is 2.15 bits per heavy atom. The summed E-state index contributed by atoms with van der Waals surface area (Å²) in [7, 11) is 1.77. The molecule has 3 fully saturated rings. The summed E-state index contributed by atoms with van der Waals surface area (Å²) in [6, 6.07) is 3.68. The lowest BCUT2D eigenvalue weighted by molar-refractivity contribution is 0.0618. The summed E-state index contributed by atoms with van der Waals surface area (Å²) in [5.74, 6) is 1.06. The minimum atomic E-state index is -0.175. The fourth-order valence-corrected chi connectivity index (χ4v) is 3.30. The number of halogens is 1. The monoisotopic (exact) mass is 294 g/mol. The summed E-state index contributed by atoms with van der Waals surface area (Å²) in [6.45, 7) is 3.26. The highest BCUT2D eigenvalue weighted by Gasteiger charge is 2.35. The molecule has 3 saturated heterocycles. The standard InChI is InChI=1S/C14H19ClN4O/c1-16-12-3-2-10(15)13(18-12)14(20)17-11-8-19-6-4-9(11)5-7-19/h2-3,9,11H,4-8H2,1H3,(H,16,18)(H,17,20). The van der Waals surface area contributed by atoms with Gasteiger partial charge in [0, 0.05) is 19.6 Å². The van der Waals surface area contributed by atoms with Crippen LogP contribution in [-0.2, 0) is 0 Å². The lowest BCUT2D eigenvalue weighted by Crippen LogP contribution is -2.57. The van der Waals surface area contributed by atoms with E-state index < -0.39 is 0 Å². The number of fused-ring (bicyclic) bond motifs is 3. The lowest BCUT2D eigenvalue weighted by Gasteiger charge is -2.44. The summed E-state index contributed by atoms with van der Waals surface area (Å²) >= 11 is 6.08. The minimum absolute atomic E-state index is 0.175. The number of hydrogen-bond donors (Lipinski definition) is 2. The number of nitrogens with zero attached hydrogens (tertiary/aromatic N) is 2. The zero-order valence-electron chi connectivity index (χ0n) is 11.5. The summed E-state index contributed by atoms with van der Waals surface area (Å²) in [5, 5.41) is 6.42. The van der Waals surface area contributed by atoms with E-state index in [2.05, 4.69) is 20.5 Å². The molecular weight excluding hydrogens is 276 g/mol. The largest absolute Gasteiger partial charge is 0.373 e. The molecule has 2 N–H and O–H groups in total. The normalized spacial score (nSPS) is 28.2. The first-order chi connectivity index (χ1) is 9.67. The van der Waals surface area contributed by atoms with Crippen LogP contribution in [0, 0.1) is 5.92 Å². The van der Waals surface area contributed by atoms with Crippen molar-refractivity contribution in [3.8, 4) is 0 Å². The molecule has 1 atom stereocenters. The number of aromatic nitrogens is 1. The molecule has 1 aromatic rings. The molecular formula is C14H19ClN4O. The Labute approximate surface area is 123 Å². The van der Waals surface area contributed by atoms with Crippen LogP contribution in [0.2, 0.25) is 5.02 Å². The molecule has 0 aromatic carbocycles. The minimum Gasteiger partial charge on any atom is -0.373 e. The van der Waals surface area contributed by atoms with Gasteiger partial charge in [0.25, 0.3) is 5.91 Å². The second-order valence-corrected chi connectivity index (χ2v) is 5.90. The summed E-state index contributed by atoms with van der Waals surface area (Å²) in [5.41, 5.74) is 0.301. The number of nitrogens with one attached hydrogen (secondary N) is 2. The van der Waals surface area contributed by atoms with Crippen molar-refractivity contribution in [1.82, 2.24) is 15.2 Å². The van der Waals surface area contributed by atoms with E-state index in [1.165, 1.54) is 12.8 Å². The zero-order valence-corrected chi connectivity index (χ0v) is 12.3. The number of amides is 1. The summed E-state index contributed by atoms with van der Waals surface area (Å²) in [4.78, 5) is 19.0. The first kappa shape index (κ1) is 13.6. The van der Waals surface area contributed by atoms with Crippen LogP contribution < -0.4 is 10.6 Å². The number of pyridine rings is 1. The van der Waals surface area contributed by atoms with Gasteiger partial charge in [-0.2, -0.15) is 0 Å². The van der Waals surface area contributed by atoms with Gasteiger partial charge in [-0.3, -0.25) is 4.79 Å².